The number of benzene rings is 1. The van der Waals surface area contributed by atoms with Gasteiger partial charge in [-0.3, -0.25) is 5.10 Å². The third-order valence-corrected chi connectivity index (χ3v) is 3.51. The number of carboxylic acid groups (broad SMARTS) is 1. The maximum atomic E-state index is 11.2. The van der Waals surface area contributed by atoms with Gasteiger partial charge in [0, 0.05) is 5.56 Å². The normalized spacial score (nSPS) is 10.5. The molecule has 0 atom stereocenters. The summed E-state index contributed by atoms with van der Waals surface area (Å²) in [7, 11) is 0. The topological polar surface area (TPSA) is 78.9 Å². The zero-order valence-corrected chi connectivity index (χ0v) is 10.5. The molecule has 0 aliphatic carbocycles. The van der Waals surface area contributed by atoms with Crippen LogP contribution in [0, 0.1) is 0 Å². The number of nitrogens with zero attached hydrogens (tertiary/aromatic N) is 2. The van der Waals surface area contributed by atoms with E-state index in [4.69, 9.17) is 5.11 Å². The second kappa shape index (κ2) is 4.66. The van der Waals surface area contributed by atoms with E-state index in [1.54, 1.807) is 35.6 Å². The van der Waals surface area contributed by atoms with E-state index >= 15 is 0 Å². The quantitative estimate of drug-likeness (QED) is 0.767. The van der Waals surface area contributed by atoms with Gasteiger partial charge in [0.05, 0.1) is 10.4 Å². The molecule has 0 aliphatic rings. The van der Waals surface area contributed by atoms with E-state index < -0.39 is 5.97 Å². The molecule has 94 valence electrons. The van der Waals surface area contributed by atoms with Gasteiger partial charge in [-0.05, 0) is 17.5 Å². The maximum absolute atomic E-state index is 11.2. The van der Waals surface area contributed by atoms with Crippen LogP contribution in [0.2, 0.25) is 0 Å². The average Bonchev–Trinajstić information content (AvgIpc) is 3.09. The summed E-state index contributed by atoms with van der Waals surface area (Å²) >= 11 is 1.54. The highest BCUT2D eigenvalue weighted by molar-refractivity contribution is 7.13. The monoisotopic (exact) mass is 271 g/mol. The number of nitrogens with one attached hydrogen (secondary N) is 1. The molecule has 19 heavy (non-hydrogen) atoms. The van der Waals surface area contributed by atoms with Crippen LogP contribution in [-0.2, 0) is 0 Å². The number of hydrogen-bond acceptors (Lipinski definition) is 4. The number of carbonyl (C=O) groups is 1. The van der Waals surface area contributed by atoms with Gasteiger partial charge in [-0.1, -0.05) is 24.3 Å². The Morgan fingerprint density at radius 1 is 1.21 bits per heavy atom. The fourth-order valence-electron chi connectivity index (χ4n) is 1.77. The fraction of sp³-hybridized carbons (Fsp3) is 0. The number of thiophene rings is 1. The highest BCUT2D eigenvalue weighted by Gasteiger charge is 2.15. The number of H-pyrrole nitrogens is 1. The summed E-state index contributed by atoms with van der Waals surface area (Å²) in [6.07, 6.45) is 0. The Kier molecular flexibility index (Phi) is 2.85. The van der Waals surface area contributed by atoms with Crippen molar-refractivity contribution in [3.05, 3.63) is 47.3 Å². The van der Waals surface area contributed by atoms with Crippen molar-refractivity contribution in [2.24, 2.45) is 0 Å². The van der Waals surface area contributed by atoms with Crippen LogP contribution < -0.4 is 0 Å². The lowest BCUT2D eigenvalue weighted by molar-refractivity contribution is 0.0697. The van der Waals surface area contributed by atoms with E-state index in [2.05, 4.69) is 15.2 Å². The summed E-state index contributed by atoms with van der Waals surface area (Å²) in [5.41, 5.74) is 0.702. The van der Waals surface area contributed by atoms with Crippen molar-refractivity contribution in [1.82, 2.24) is 15.2 Å². The molecule has 0 spiro atoms. The Hall–Kier alpha value is -2.47. The lowest BCUT2D eigenvalue weighted by Gasteiger charge is -2.00. The molecule has 5 nitrogen and oxygen atoms in total. The van der Waals surface area contributed by atoms with Gasteiger partial charge < -0.3 is 5.11 Å². The molecular weight excluding hydrogens is 262 g/mol. The van der Waals surface area contributed by atoms with Crippen LogP contribution >= 0.6 is 11.3 Å². The van der Waals surface area contributed by atoms with E-state index in [9.17, 15) is 4.79 Å². The molecule has 3 aromatic rings. The third-order valence-electron chi connectivity index (χ3n) is 2.64. The Morgan fingerprint density at radius 3 is 2.79 bits per heavy atom. The van der Waals surface area contributed by atoms with Crippen LogP contribution in [-0.4, -0.2) is 26.3 Å². The van der Waals surface area contributed by atoms with Crippen LogP contribution in [0.3, 0.4) is 0 Å². The molecule has 0 aliphatic heterocycles. The second-order valence-electron chi connectivity index (χ2n) is 3.84. The van der Waals surface area contributed by atoms with Gasteiger partial charge >= 0.3 is 5.97 Å². The molecule has 0 unspecified atom stereocenters. The number of hydrogen-bond donors (Lipinski definition) is 2. The van der Waals surface area contributed by atoms with Gasteiger partial charge in [-0.2, -0.15) is 5.10 Å². The molecule has 2 aromatic heterocycles. The molecule has 0 saturated carbocycles. The minimum absolute atomic E-state index is 0.194. The molecule has 0 amide bonds. The zero-order valence-electron chi connectivity index (χ0n) is 9.70. The molecule has 3 rings (SSSR count). The molecule has 0 saturated heterocycles. The highest BCUT2D eigenvalue weighted by atomic mass is 32.1. The van der Waals surface area contributed by atoms with E-state index in [1.165, 1.54) is 0 Å². The summed E-state index contributed by atoms with van der Waals surface area (Å²) in [5, 5.41) is 18.0. The number of aromatic carboxylic acids is 1. The van der Waals surface area contributed by atoms with Crippen molar-refractivity contribution in [3.8, 4) is 22.1 Å². The summed E-state index contributed by atoms with van der Waals surface area (Å²) in [4.78, 5) is 16.5. The Morgan fingerprint density at radius 2 is 2.05 bits per heavy atom. The molecule has 0 bridgehead atoms. The molecule has 6 heteroatoms. The van der Waals surface area contributed by atoms with E-state index in [-0.39, 0.29) is 5.56 Å². The molecule has 1 aromatic carbocycles. The van der Waals surface area contributed by atoms with Crippen LogP contribution in [0.25, 0.3) is 22.1 Å². The molecule has 2 heterocycles. The largest absolute Gasteiger partial charge is 0.478 e. The van der Waals surface area contributed by atoms with Crippen molar-refractivity contribution < 1.29 is 9.90 Å². The van der Waals surface area contributed by atoms with Crippen LogP contribution in [0.5, 0.6) is 0 Å². The van der Waals surface area contributed by atoms with Crippen LogP contribution in [0.15, 0.2) is 41.8 Å². The molecule has 2 N–H and O–H groups in total. The first-order valence-electron chi connectivity index (χ1n) is 5.54. The first kappa shape index (κ1) is 11.6. The van der Waals surface area contributed by atoms with Gasteiger partial charge in [0.15, 0.2) is 11.6 Å². The Labute approximate surface area is 112 Å². The van der Waals surface area contributed by atoms with Crippen molar-refractivity contribution in [1.29, 1.82) is 0 Å². The molecule has 0 fully saturated rings. The molecular formula is C13H9N3O2S. The lowest BCUT2D eigenvalue weighted by Crippen LogP contribution is -1.99. The van der Waals surface area contributed by atoms with Gasteiger partial charge in [-0.15, -0.1) is 11.3 Å². The van der Waals surface area contributed by atoms with Gasteiger partial charge in [0.25, 0.3) is 0 Å². The summed E-state index contributed by atoms with van der Waals surface area (Å²) < 4.78 is 0. The average molecular weight is 271 g/mol. The van der Waals surface area contributed by atoms with E-state index in [1.807, 2.05) is 17.5 Å². The minimum Gasteiger partial charge on any atom is -0.478 e. The van der Waals surface area contributed by atoms with Crippen molar-refractivity contribution >= 4 is 17.3 Å². The van der Waals surface area contributed by atoms with Crippen molar-refractivity contribution in [2.75, 3.05) is 0 Å². The van der Waals surface area contributed by atoms with E-state index in [0.717, 1.165) is 4.88 Å². The predicted octanol–water partition coefficient (Wildman–Crippen LogP) is 2.90. The number of aromatic amines is 1. The SMILES string of the molecule is O=C(O)c1ccccc1-c1n[nH]c(-c2cccs2)n1. The predicted molar refractivity (Wildman–Crippen MR) is 72.1 cm³/mol. The summed E-state index contributed by atoms with van der Waals surface area (Å²) in [5.74, 6) is 0.0460. The number of carboxylic acids is 1. The minimum atomic E-state index is -0.988. The summed E-state index contributed by atoms with van der Waals surface area (Å²) in [6.45, 7) is 0. The fourth-order valence-corrected chi connectivity index (χ4v) is 2.43. The third kappa shape index (κ3) is 2.13. The van der Waals surface area contributed by atoms with Gasteiger partial charge in [0.1, 0.15) is 0 Å². The van der Waals surface area contributed by atoms with Crippen molar-refractivity contribution in [2.45, 2.75) is 0 Å². The number of aromatic nitrogens is 3. The Balaban J connectivity index is 2.06. The first-order valence-corrected chi connectivity index (χ1v) is 6.42. The van der Waals surface area contributed by atoms with Gasteiger partial charge in [-0.25, -0.2) is 9.78 Å². The standard InChI is InChI=1S/C13H9N3O2S/c17-13(18)9-5-2-1-4-8(9)11-14-12(16-15-11)10-6-3-7-19-10/h1-7H,(H,17,18)(H,14,15,16). The van der Waals surface area contributed by atoms with Crippen LogP contribution in [0.1, 0.15) is 10.4 Å². The first-order chi connectivity index (χ1) is 9.25. The van der Waals surface area contributed by atoms with Crippen molar-refractivity contribution in [3.63, 3.8) is 0 Å². The Bertz CT molecular complexity index is 719. The zero-order chi connectivity index (χ0) is 13.2. The lowest BCUT2D eigenvalue weighted by atomic mass is 10.1. The van der Waals surface area contributed by atoms with Crippen LogP contribution in [0.4, 0.5) is 0 Å². The smallest absolute Gasteiger partial charge is 0.336 e. The highest BCUT2D eigenvalue weighted by Crippen LogP contribution is 2.25. The second-order valence-corrected chi connectivity index (χ2v) is 4.78. The maximum Gasteiger partial charge on any atom is 0.336 e. The number of rotatable bonds is 3. The van der Waals surface area contributed by atoms with E-state index in [0.29, 0.717) is 17.2 Å². The summed E-state index contributed by atoms with van der Waals surface area (Å²) in [6, 6.07) is 10.5. The molecule has 0 radical (unpaired) electrons. The van der Waals surface area contributed by atoms with Gasteiger partial charge in [0.2, 0.25) is 0 Å².